The average Bonchev–Trinajstić information content (AvgIpc) is 3.20. The first kappa shape index (κ1) is 31.2. The van der Waals surface area contributed by atoms with Crippen LogP contribution >= 0.6 is 23.2 Å². The Morgan fingerprint density at radius 2 is 1.81 bits per heavy atom. The summed E-state index contributed by atoms with van der Waals surface area (Å²) in [7, 11) is 0. The summed E-state index contributed by atoms with van der Waals surface area (Å²) in [5.74, 6) is 1.19. The summed E-state index contributed by atoms with van der Waals surface area (Å²) >= 11 is 12.1. The molecule has 9 heteroatoms. The van der Waals surface area contributed by atoms with Crippen LogP contribution in [0.15, 0.2) is 29.8 Å². The van der Waals surface area contributed by atoms with Gasteiger partial charge in [0.1, 0.15) is 6.10 Å². The lowest BCUT2D eigenvalue weighted by atomic mass is 9.53. The lowest BCUT2D eigenvalue weighted by Crippen LogP contribution is -2.58. The zero-order valence-corrected chi connectivity index (χ0v) is 26.8. The maximum atomic E-state index is 13.4. The molecule has 7 atom stereocenters. The molecule has 0 saturated heterocycles. The molecule has 0 radical (unpaired) electrons. The number of halogens is 2. The highest BCUT2D eigenvalue weighted by molar-refractivity contribution is 6.18. The van der Waals surface area contributed by atoms with Crippen LogP contribution in [0.5, 0.6) is 0 Å². The molecule has 3 aliphatic carbocycles. The summed E-state index contributed by atoms with van der Waals surface area (Å²) in [6, 6.07) is 5.85. The van der Waals surface area contributed by atoms with Crippen LogP contribution in [0.1, 0.15) is 81.6 Å². The standard InChI is InChI=1S/C33H45Cl2N3O4/c1-20-5-6-22(17-27(20)38(15-13-34)16-14-35)31(41)42-24-9-11-32(3)23(18-24)19-29(40)37-30-25-7-8-28(36-21(2)39)33(25,4)12-10-26(30)32/h5-6,17,19,24-26,28,30H,7-16,18H2,1-4H3,(H,36,39)(H,37,40)/t24-,25-,26-,28-,30-,32-,33-/m0/s1. The monoisotopic (exact) mass is 617 g/mol. The van der Waals surface area contributed by atoms with Gasteiger partial charge < -0.3 is 20.3 Å². The lowest BCUT2D eigenvalue weighted by molar-refractivity contribution is -0.122. The van der Waals surface area contributed by atoms with Crippen molar-refractivity contribution >= 4 is 46.7 Å². The van der Waals surface area contributed by atoms with E-state index in [0.717, 1.165) is 55.3 Å². The average molecular weight is 619 g/mol. The molecule has 1 heterocycles. The van der Waals surface area contributed by atoms with Gasteiger partial charge in [0.2, 0.25) is 11.8 Å². The number of nitrogens with zero attached hydrogens (tertiary/aromatic N) is 1. The molecule has 2 N–H and O–H groups in total. The number of aryl methyl sites for hydroxylation is 1. The molecule has 3 fully saturated rings. The van der Waals surface area contributed by atoms with Gasteiger partial charge in [0.25, 0.3) is 0 Å². The molecule has 0 unspecified atom stereocenters. The molecule has 1 aliphatic heterocycles. The fourth-order valence-electron chi connectivity index (χ4n) is 8.71. The van der Waals surface area contributed by atoms with Crippen LogP contribution in [-0.4, -0.2) is 60.8 Å². The summed E-state index contributed by atoms with van der Waals surface area (Å²) in [6.07, 6.45) is 7.68. The molecule has 1 aromatic rings. The maximum Gasteiger partial charge on any atom is 0.338 e. The predicted octanol–water partition coefficient (Wildman–Crippen LogP) is 5.75. The number of benzene rings is 1. The molecule has 0 aromatic heterocycles. The van der Waals surface area contributed by atoms with E-state index >= 15 is 0 Å². The van der Waals surface area contributed by atoms with E-state index in [1.54, 1.807) is 13.0 Å². The van der Waals surface area contributed by atoms with E-state index in [-0.39, 0.29) is 46.8 Å². The van der Waals surface area contributed by atoms with Crippen LogP contribution < -0.4 is 15.5 Å². The van der Waals surface area contributed by atoms with Gasteiger partial charge >= 0.3 is 5.97 Å². The Morgan fingerprint density at radius 3 is 2.50 bits per heavy atom. The van der Waals surface area contributed by atoms with E-state index in [2.05, 4.69) is 29.4 Å². The highest BCUT2D eigenvalue weighted by Gasteiger charge is 2.59. The van der Waals surface area contributed by atoms with Gasteiger partial charge in [0.15, 0.2) is 0 Å². The Bertz CT molecular complexity index is 1250. The number of carbonyl (C=O) groups is 3. The first-order valence-electron chi connectivity index (χ1n) is 15.5. The predicted molar refractivity (Wildman–Crippen MR) is 167 cm³/mol. The van der Waals surface area contributed by atoms with Crippen LogP contribution in [0.3, 0.4) is 0 Å². The highest BCUT2D eigenvalue weighted by Crippen LogP contribution is 2.60. The molecule has 5 rings (SSSR count). The normalized spacial score (nSPS) is 33.7. The smallest absolute Gasteiger partial charge is 0.338 e. The second kappa shape index (κ2) is 12.4. The third kappa shape index (κ3) is 5.80. The Balaban J connectivity index is 1.31. The molecule has 3 saturated carbocycles. The number of fused-ring (bicyclic) bond motifs is 5. The summed E-state index contributed by atoms with van der Waals surface area (Å²) in [5.41, 5.74) is 3.43. The van der Waals surface area contributed by atoms with Crippen LogP contribution in [0, 0.1) is 29.6 Å². The maximum absolute atomic E-state index is 13.4. The van der Waals surface area contributed by atoms with Crippen LogP contribution in [-0.2, 0) is 14.3 Å². The van der Waals surface area contributed by atoms with Crippen LogP contribution in [0.2, 0.25) is 0 Å². The number of amides is 2. The van der Waals surface area contributed by atoms with E-state index in [1.807, 2.05) is 25.1 Å². The van der Waals surface area contributed by atoms with Gasteiger partial charge in [0, 0.05) is 62.0 Å². The van der Waals surface area contributed by atoms with E-state index in [4.69, 9.17) is 27.9 Å². The number of esters is 1. The number of alkyl halides is 2. The van der Waals surface area contributed by atoms with Gasteiger partial charge in [-0.25, -0.2) is 4.79 Å². The number of nitrogens with one attached hydrogen (secondary N) is 2. The third-order valence-corrected chi connectivity index (χ3v) is 11.4. The molecule has 0 spiro atoms. The highest BCUT2D eigenvalue weighted by atomic mass is 35.5. The Kier molecular flexibility index (Phi) is 9.20. The van der Waals surface area contributed by atoms with Crippen LogP contribution in [0.4, 0.5) is 5.69 Å². The molecular weight excluding hydrogens is 573 g/mol. The first-order chi connectivity index (χ1) is 20.0. The summed E-state index contributed by atoms with van der Waals surface area (Å²) in [6.45, 7) is 9.49. The Hall–Kier alpha value is -2.25. The van der Waals surface area contributed by atoms with Crippen molar-refractivity contribution in [3.05, 3.63) is 41.0 Å². The van der Waals surface area contributed by atoms with Crippen molar-refractivity contribution in [2.75, 3.05) is 29.7 Å². The zero-order chi connectivity index (χ0) is 30.2. The molecule has 7 nitrogen and oxygen atoms in total. The van der Waals surface area contributed by atoms with Gasteiger partial charge in [-0.2, -0.15) is 0 Å². The minimum atomic E-state index is -0.346. The Labute approximate surface area is 260 Å². The molecule has 42 heavy (non-hydrogen) atoms. The van der Waals surface area contributed by atoms with Gasteiger partial charge in [0.05, 0.1) is 5.56 Å². The SMILES string of the molecule is CC(=O)N[C@H]1CC[C@H]2[C@@H]3NC(=O)C=C4C[C@@H](OC(=O)c5ccc(C)c(N(CCCl)CCCl)c5)CC[C@]4(C)[C@H]3CC[C@]12C. The van der Waals surface area contributed by atoms with E-state index in [9.17, 15) is 14.4 Å². The van der Waals surface area contributed by atoms with E-state index in [0.29, 0.717) is 48.7 Å². The van der Waals surface area contributed by atoms with Crippen molar-refractivity contribution in [3.8, 4) is 0 Å². The molecular formula is C33H45Cl2N3O4. The van der Waals surface area contributed by atoms with Crippen molar-refractivity contribution in [1.29, 1.82) is 0 Å². The topological polar surface area (TPSA) is 87.7 Å². The van der Waals surface area contributed by atoms with Gasteiger partial charge in [-0.3, -0.25) is 9.59 Å². The third-order valence-electron chi connectivity index (χ3n) is 11.0. The van der Waals surface area contributed by atoms with Crippen molar-refractivity contribution in [1.82, 2.24) is 10.6 Å². The minimum absolute atomic E-state index is 0.0161. The molecule has 0 bridgehead atoms. The van der Waals surface area contributed by atoms with Gasteiger partial charge in [-0.1, -0.05) is 25.5 Å². The van der Waals surface area contributed by atoms with Crippen molar-refractivity contribution in [3.63, 3.8) is 0 Å². The second-order valence-electron chi connectivity index (χ2n) is 13.3. The number of ether oxygens (including phenoxy) is 1. The second-order valence-corrected chi connectivity index (χ2v) is 14.1. The van der Waals surface area contributed by atoms with Crippen LogP contribution in [0.25, 0.3) is 0 Å². The molecule has 1 aromatic carbocycles. The molecule has 4 aliphatic rings. The lowest BCUT2D eigenvalue weighted by Gasteiger charge is -2.54. The van der Waals surface area contributed by atoms with Gasteiger partial charge in [-0.05, 0) is 85.8 Å². The fraction of sp³-hybridized carbons (Fsp3) is 0.667. The van der Waals surface area contributed by atoms with Crippen molar-refractivity contribution in [2.45, 2.75) is 90.8 Å². The number of hydrogen-bond donors (Lipinski definition) is 2. The Morgan fingerprint density at radius 1 is 1.07 bits per heavy atom. The van der Waals surface area contributed by atoms with E-state index in [1.165, 1.54) is 0 Å². The number of rotatable bonds is 8. The molecule has 230 valence electrons. The fourth-order valence-corrected chi connectivity index (χ4v) is 9.11. The first-order valence-corrected chi connectivity index (χ1v) is 16.5. The number of anilines is 1. The van der Waals surface area contributed by atoms with Crippen molar-refractivity contribution in [2.24, 2.45) is 22.7 Å². The van der Waals surface area contributed by atoms with Gasteiger partial charge in [-0.15, -0.1) is 23.2 Å². The van der Waals surface area contributed by atoms with E-state index < -0.39 is 0 Å². The number of hydrogen-bond acceptors (Lipinski definition) is 5. The quantitative estimate of drug-likeness (QED) is 0.286. The summed E-state index contributed by atoms with van der Waals surface area (Å²) in [4.78, 5) is 40.7. The molecule has 2 amide bonds. The largest absolute Gasteiger partial charge is 0.458 e. The summed E-state index contributed by atoms with van der Waals surface area (Å²) < 4.78 is 6.09. The van der Waals surface area contributed by atoms with Crippen molar-refractivity contribution < 1.29 is 19.1 Å². The minimum Gasteiger partial charge on any atom is -0.458 e. The number of carbonyl (C=O) groups excluding carboxylic acids is 3. The summed E-state index contributed by atoms with van der Waals surface area (Å²) in [5, 5.41) is 6.60. The zero-order valence-electron chi connectivity index (χ0n) is 25.3.